The van der Waals surface area contributed by atoms with Crippen LogP contribution in [0.1, 0.15) is 13.3 Å². The summed E-state index contributed by atoms with van der Waals surface area (Å²) in [6.07, 6.45) is 0.918. The third-order valence-electron chi connectivity index (χ3n) is 2.45. The molecular formula is C10H24N2O4Si. The molecule has 0 aromatic rings. The lowest BCUT2D eigenvalue weighted by Gasteiger charge is -2.24. The molecule has 0 aromatic carbocycles. The predicted octanol–water partition coefficient (Wildman–Crippen LogP) is -0.0197. The third-order valence-corrected chi connectivity index (χ3v) is 5.28. The van der Waals surface area contributed by atoms with Crippen molar-refractivity contribution in [2.45, 2.75) is 19.4 Å². The summed E-state index contributed by atoms with van der Waals surface area (Å²) in [5.41, 5.74) is 0. The summed E-state index contributed by atoms with van der Waals surface area (Å²) in [6, 6.07) is 0.781. The number of carbonyl (C=O) groups is 1. The van der Waals surface area contributed by atoms with Crippen molar-refractivity contribution in [3.8, 4) is 0 Å². The molecule has 0 unspecified atom stereocenters. The van der Waals surface area contributed by atoms with Gasteiger partial charge in [-0.05, 0) is 13.0 Å². The first-order valence-corrected chi connectivity index (χ1v) is 7.64. The van der Waals surface area contributed by atoms with E-state index < -0.39 is 8.80 Å². The topological polar surface area (TPSA) is 68.8 Å². The molecule has 6 nitrogen and oxygen atoms in total. The first-order chi connectivity index (χ1) is 8.10. The van der Waals surface area contributed by atoms with Gasteiger partial charge >= 0.3 is 8.80 Å². The minimum Gasteiger partial charge on any atom is -0.377 e. The molecule has 1 amide bonds. The first kappa shape index (κ1) is 16.5. The van der Waals surface area contributed by atoms with E-state index in [1.807, 2.05) is 0 Å². The Bertz CT molecular complexity index is 204. The van der Waals surface area contributed by atoms with Gasteiger partial charge in [0.2, 0.25) is 5.91 Å². The number of carbonyl (C=O) groups excluding carboxylic acids is 1. The summed E-state index contributed by atoms with van der Waals surface area (Å²) < 4.78 is 15.9. The van der Waals surface area contributed by atoms with Crippen LogP contribution < -0.4 is 10.6 Å². The van der Waals surface area contributed by atoms with Crippen molar-refractivity contribution in [3.63, 3.8) is 0 Å². The van der Waals surface area contributed by atoms with Gasteiger partial charge in [0.05, 0.1) is 0 Å². The normalized spacial score (nSPS) is 11.5. The van der Waals surface area contributed by atoms with E-state index in [1.54, 1.807) is 21.3 Å². The van der Waals surface area contributed by atoms with E-state index in [1.165, 1.54) is 6.92 Å². The maximum Gasteiger partial charge on any atom is 0.500 e. The number of nitrogens with one attached hydrogen (secondary N) is 2. The van der Waals surface area contributed by atoms with Crippen LogP contribution in [0.15, 0.2) is 0 Å². The fourth-order valence-corrected chi connectivity index (χ4v) is 3.16. The molecule has 0 atom stereocenters. The Hall–Kier alpha value is -0.473. The van der Waals surface area contributed by atoms with Gasteiger partial charge in [-0.2, -0.15) is 0 Å². The summed E-state index contributed by atoms with van der Waals surface area (Å²) in [4.78, 5) is 10.6. The van der Waals surface area contributed by atoms with Gasteiger partial charge in [-0.1, -0.05) is 0 Å². The van der Waals surface area contributed by atoms with Gasteiger partial charge in [0.15, 0.2) is 0 Å². The van der Waals surface area contributed by atoms with Gasteiger partial charge < -0.3 is 23.9 Å². The SMILES string of the molecule is CO[Si](CCCNCCNC(C)=O)(OC)OC. The zero-order valence-corrected chi connectivity index (χ0v) is 12.2. The smallest absolute Gasteiger partial charge is 0.377 e. The van der Waals surface area contributed by atoms with Crippen molar-refractivity contribution in [2.24, 2.45) is 0 Å². The molecule has 0 bridgehead atoms. The van der Waals surface area contributed by atoms with Gasteiger partial charge in [-0.3, -0.25) is 4.79 Å². The fourth-order valence-electron chi connectivity index (χ4n) is 1.44. The maximum absolute atomic E-state index is 10.6. The fraction of sp³-hybridized carbons (Fsp3) is 0.900. The van der Waals surface area contributed by atoms with Gasteiger partial charge in [0.25, 0.3) is 0 Å². The van der Waals surface area contributed by atoms with Crippen LogP contribution in [-0.4, -0.2) is 55.7 Å². The molecule has 0 saturated carbocycles. The van der Waals surface area contributed by atoms with E-state index >= 15 is 0 Å². The van der Waals surface area contributed by atoms with Gasteiger partial charge in [0, 0.05) is 47.4 Å². The van der Waals surface area contributed by atoms with Crippen LogP contribution in [0.4, 0.5) is 0 Å². The molecule has 0 aliphatic rings. The van der Waals surface area contributed by atoms with E-state index in [-0.39, 0.29) is 5.91 Å². The second kappa shape index (κ2) is 9.55. The Balaban J connectivity index is 3.52. The van der Waals surface area contributed by atoms with E-state index in [2.05, 4.69) is 10.6 Å². The van der Waals surface area contributed by atoms with Crippen molar-refractivity contribution in [1.82, 2.24) is 10.6 Å². The lowest BCUT2D eigenvalue weighted by Crippen LogP contribution is -2.43. The summed E-state index contributed by atoms with van der Waals surface area (Å²) in [6.45, 7) is 3.78. The highest BCUT2D eigenvalue weighted by molar-refractivity contribution is 6.60. The highest BCUT2D eigenvalue weighted by Crippen LogP contribution is 2.14. The summed E-state index contributed by atoms with van der Waals surface area (Å²) in [5.74, 6) is -0.00336. The molecule has 17 heavy (non-hydrogen) atoms. The molecule has 0 aromatic heterocycles. The number of amides is 1. The molecule has 0 radical (unpaired) electrons. The van der Waals surface area contributed by atoms with Crippen LogP contribution in [0, 0.1) is 0 Å². The largest absolute Gasteiger partial charge is 0.500 e. The van der Waals surface area contributed by atoms with Crippen molar-refractivity contribution < 1.29 is 18.1 Å². The minimum absolute atomic E-state index is 0.00336. The Morgan fingerprint density at radius 1 is 1.06 bits per heavy atom. The van der Waals surface area contributed by atoms with Crippen molar-refractivity contribution >= 4 is 14.7 Å². The van der Waals surface area contributed by atoms with Crippen LogP contribution in [0.3, 0.4) is 0 Å². The second-order valence-electron chi connectivity index (χ2n) is 3.63. The zero-order valence-electron chi connectivity index (χ0n) is 11.2. The van der Waals surface area contributed by atoms with Gasteiger partial charge in [0.1, 0.15) is 0 Å². The quantitative estimate of drug-likeness (QED) is 0.429. The van der Waals surface area contributed by atoms with Crippen LogP contribution in [0.2, 0.25) is 6.04 Å². The van der Waals surface area contributed by atoms with Crippen molar-refractivity contribution in [2.75, 3.05) is 41.0 Å². The number of hydrogen-bond acceptors (Lipinski definition) is 5. The predicted molar refractivity (Wildman–Crippen MR) is 67.8 cm³/mol. The molecule has 0 saturated heterocycles. The van der Waals surface area contributed by atoms with Crippen LogP contribution in [-0.2, 0) is 18.1 Å². The highest BCUT2D eigenvalue weighted by atomic mass is 28.4. The van der Waals surface area contributed by atoms with Crippen molar-refractivity contribution in [3.05, 3.63) is 0 Å². The summed E-state index contributed by atoms with van der Waals surface area (Å²) >= 11 is 0. The standard InChI is InChI=1S/C10H24N2O4Si/c1-10(13)12-8-7-11-6-5-9-17(14-2,15-3)16-4/h11H,5-9H2,1-4H3,(H,12,13). The van der Waals surface area contributed by atoms with E-state index in [4.69, 9.17) is 13.3 Å². The molecule has 7 heteroatoms. The van der Waals surface area contributed by atoms with E-state index in [0.29, 0.717) is 6.54 Å². The molecule has 102 valence electrons. The Morgan fingerprint density at radius 2 is 1.65 bits per heavy atom. The Kier molecular flexibility index (Phi) is 9.28. The van der Waals surface area contributed by atoms with Crippen LogP contribution in [0.5, 0.6) is 0 Å². The lowest BCUT2D eigenvalue weighted by molar-refractivity contribution is -0.118. The monoisotopic (exact) mass is 264 g/mol. The maximum atomic E-state index is 10.6. The van der Waals surface area contributed by atoms with Gasteiger partial charge in [-0.25, -0.2) is 0 Å². The molecule has 0 aliphatic carbocycles. The number of hydrogen-bond donors (Lipinski definition) is 2. The molecule has 0 heterocycles. The highest BCUT2D eigenvalue weighted by Gasteiger charge is 2.36. The van der Waals surface area contributed by atoms with Gasteiger partial charge in [-0.15, -0.1) is 0 Å². The molecule has 0 rings (SSSR count). The molecule has 0 spiro atoms. The summed E-state index contributed by atoms with van der Waals surface area (Å²) in [7, 11) is 2.43. The van der Waals surface area contributed by atoms with E-state index in [9.17, 15) is 4.79 Å². The average Bonchev–Trinajstić information content (AvgIpc) is 2.33. The molecule has 0 aliphatic heterocycles. The van der Waals surface area contributed by atoms with Crippen LogP contribution >= 0.6 is 0 Å². The first-order valence-electron chi connectivity index (χ1n) is 5.71. The third kappa shape index (κ3) is 7.45. The molecular weight excluding hydrogens is 240 g/mol. The zero-order chi connectivity index (χ0) is 13.1. The molecule has 0 fully saturated rings. The Morgan fingerprint density at radius 3 is 2.12 bits per heavy atom. The van der Waals surface area contributed by atoms with Crippen LogP contribution in [0.25, 0.3) is 0 Å². The second-order valence-corrected chi connectivity index (χ2v) is 6.72. The van der Waals surface area contributed by atoms with E-state index in [0.717, 1.165) is 25.6 Å². The minimum atomic E-state index is -2.41. The number of rotatable bonds is 10. The molecule has 2 N–H and O–H groups in total. The summed E-state index contributed by atoms with van der Waals surface area (Å²) in [5, 5.41) is 5.95. The lowest BCUT2D eigenvalue weighted by atomic mass is 10.4. The Labute approximate surface area is 104 Å². The van der Waals surface area contributed by atoms with Crippen molar-refractivity contribution in [1.29, 1.82) is 0 Å². The average molecular weight is 264 g/mol.